The van der Waals surface area contributed by atoms with Crippen LogP contribution in [-0.2, 0) is 14.3 Å². The van der Waals surface area contributed by atoms with E-state index in [0.717, 1.165) is 6.42 Å². The van der Waals surface area contributed by atoms with Crippen molar-refractivity contribution in [3.05, 3.63) is 6.08 Å². The molecule has 3 nitrogen and oxygen atoms in total. The van der Waals surface area contributed by atoms with Gasteiger partial charge >= 0.3 is 0 Å². The highest BCUT2D eigenvalue weighted by Crippen LogP contribution is 2.03. The molecule has 12 heavy (non-hydrogen) atoms. The molecule has 0 N–H and O–H groups in total. The molecule has 0 amide bonds. The molecule has 0 aromatic heterocycles. The van der Waals surface area contributed by atoms with Gasteiger partial charge in [-0.15, -0.1) is 0 Å². The Morgan fingerprint density at radius 1 is 1.33 bits per heavy atom. The molecule has 0 aromatic carbocycles. The van der Waals surface area contributed by atoms with Gasteiger partial charge in [-0.05, 0) is 26.3 Å². The second kappa shape index (κ2) is 8.47. The standard InChI is InChI=1S/C9H16O3/c1-3-11-9(12-4-2)7-5-6-8-10/h6,9H,3-5,7H2,1-2H3. The molecule has 3 heteroatoms. The SMILES string of the molecule is CCOC(CCC=C=O)OCC. The third-order valence-electron chi connectivity index (χ3n) is 1.34. The summed E-state index contributed by atoms with van der Waals surface area (Å²) in [5.74, 6) is 1.72. The monoisotopic (exact) mass is 172 g/mol. The maximum absolute atomic E-state index is 9.84. The number of ether oxygens (including phenoxy) is 2. The van der Waals surface area contributed by atoms with Gasteiger partial charge < -0.3 is 9.47 Å². The molecular formula is C9H16O3. The van der Waals surface area contributed by atoms with Gasteiger partial charge in [0.05, 0.1) is 0 Å². The van der Waals surface area contributed by atoms with Gasteiger partial charge in [0.25, 0.3) is 0 Å². The molecule has 0 radical (unpaired) electrons. The van der Waals surface area contributed by atoms with E-state index in [2.05, 4.69) is 0 Å². The Bertz CT molecular complexity index is 133. The van der Waals surface area contributed by atoms with Gasteiger partial charge in [0, 0.05) is 19.6 Å². The van der Waals surface area contributed by atoms with Crippen LogP contribution in [0.4, 0.5) is 0 Å². The van der Waals surface area contributed by atoms with Crippen molar-refractivity contribution in [1.82, 2.24) is 0 Å². The Balaban J connectivity index is 3.54. The summed E-state index contributed by atoms with van der Waals surface area (Å²) in [6, 6.07) is 0. The lowest BCUT2D eigenvalue weighted by molar-refractivity contribution is -0.138. The van der Waals surface area contributed by atoms with Crippen LogP contribution in [0.5, 0.6) is 0 Å². The van der Waals surface area contributed by atoms with Crippen LogP contribution in [0.1, 0.15) is 26.7 Å². The lowest BCUT2D eigenvalue weighted by atomic mass is 10.3. The molecule has 0 aliphatic heterocycles. The molecule has 0 bridgehead atoms. The zero-order valence-corrected chi connectivity index (χ0v) is 7.71. The van der Waals surface area contributed by atoms with Crippen molar-refractivity contribution >= 4 is 5.94 Å². The van der Waals surface area contributed by atoms with Crippen LogP contribution in [0.25, 0.3) is 0 Å². The minimum absolute atomic E-state index is 0.176. The Morgan fingerprint density at radius 2 is 1.92 bits per heavy atom. The van der Waals surface area contributed by atoms with Crippen LogP contribution in [0.2, 0.25) is 0 Å². The quantitative estimate of drug-likeness (QED) is 0.432. The van der Waals surface area contributed by atoms with Crippen molar-refractivity contribution < 1.29 is 14.3 Å². The van der Waals surface area contributed by atoms with Crippen molar-refractivity contribution in [2.45, 2.75) is 33.0 Å². The number of allylic oxidation sites excluding steroid dienone is 1. The predicted octanol–water partition coefficient (Wildman–Crippen LogP) is 1.55. The Labute approximate surface area is 73.4 Å². The van der Waals surface area contributed by atoms with Crippen LogP contribution in [-0.4, -0.2) is 25.4 Å². The van der Waals surface area contributed by atoms with Gasteiger partial charge in [-0.3, -0.25) is 0 Å². The van der Waals surface area contributed by atoms with Gasteiger partial charge in [0.15, 0.2) is 6.29 Å². The average molecular weight is 172 g/mol. The first-order valence-corrected chi connectivity index (χ1v) is 4.27. The van der Waals surface area contributed by atoms with Crippen molar-refractivity contribution in [2.24, 2.45) is 0 Å². The highest BCUT2D eigenvalue weighted by molar-refractivity contribution is 5.44. The number of hydrogen-bond acceptors (Lipinski definition) is 3. The third-order valence-corrected chi connectivity index (χ3v) is 1.34. The van der Waals surface area contributed by atoms with Crippen LogP contribution in [0.3, 0.4) is 0 Å². The average Bonchev–Trinajstić information content (AvgIpc) is 2.06. The summed E-state index contributed by atoms with van der Waals surface area (Å²) >= 11 is 0. The maximum Gasteiger partial charge on any atom is 0.157 e. The zero-order valence-electron chi connectivity index (χ0n) is 7.71. The van der Waals surface area contributed by atoms with E-state index in [1.54, 1.807) is 5.94 Å². The summed E-state index contributed by atoms with van der Waals surface area (Å²) in [5, 5.41) is 0. The molecule has 0 saturated heterocycles. The van der Waals surface area contributed by atoms with E-state index in [1.165, 1.54) is 6.08 Å². The highest BCUT2D eigenvalue weighted by Gasteiger charge is 2.05. The van der Waals surface area contributed by atoms with Gasteiger partial charge in [0.2, 0.25) is 0 Å². The topological polar surface area (TPSA) is 35.5 Å². The maximum atomic E-state index is 9.84. The van der Waals surface area contributed by atoms with Crippen molar-refractivity contribution in [3.63, 3.8) is 0 Å². The molecule has 0 aliphatic rings. The van der Waals surface area contributed by atoms with E-state index in [4.69, 9.17) is 9.47 Å². The van der Waals surface area contributed by atoms with Gasteiger partial charge in [-0.25, -0.2) is 4.79 Å². The van der Waals surface area contributed by atoms with E-state index in [-0.39, 0.29) is 6.29 Å². The molecule has 0 aromatic rings. The normalized spacial score (nSPS) is 9.92. The van der Waals surface area contributed by atoms with Crippen LogP contribution in [0.15, 0.2) is 6.08 Å². The fourth-order valence-corrected chi connectivity index (χ4v) is 0.865. The molecule has 0 unspecified atom stereocenters. The molecular weight excluding hydrogens is 156 g/mol. The predicted molar refractivity (Wildman–Crippen MR) is 46.5 cm³/mol. The van der Waals surface area contributed by atoms with Gasteiger partial charge in [-0.2, -0.15) is 0 Å². The highest BCUT2D eigenvalue weighted by atomic mass is 16.7. The molecule has 0 rings (SSSR count). The summed E-state index contributed by atoms with van der Waals surface area (Å²) in [6.07, 6.45) is 2.65. The lowest BCUT2D eigenvalue weighted by Gasteiger charge is -2.15. The van der Waals surface area contributed by atoms with Crippen molar-refractivity contribution in [3.8, 4) is 0 Å². The number of carbonyl (C=O) groups excluding carboxylic acids is 1. The molecule has 0 heterocycles. The summed E-state index contributed by atoms with van der Waals surface area (Å²) < 4.78 is 10.5. The molecule has 70 valence electrons. The molecule has 0 saturated carbocycles. The fourth-order valence-electron chi connectivity index (χ4n) is 0.865. The third kappa shape index (κ3) is 6.10. The van der Waals surface area contributed by atoms with Gasteiger partial charge in [0.1, 0.15) is 5.94 Å². The van der Waals surface area contributed by atoms with Crippen LogP contribution in [0, 0.1) is 0 Å². The summed E-state index contributed by atoms with van der Waals surface area (Å²) in [5.41, 5.74) is 0. The molecule has 0 spiro atoms. The van der Waals surface area contributed by atoms with E-state index < -0.39 is 0 Å². The zero-order chi connectivity index (χ0) is 9.23. The first kappa shape index (κ1) is 11.4. The van der Waals surface area contributed by atoms with Gasteiger partial charge in [-0.1, -0.05) is 0 Å². The number of rotatable bonds is 7. The van der Waals surface area contributed by atoms with E-state index in [9.17, 15) is 4.79 Å². The largest absolute Gasteiger partial charge is 0.353 e. The van der Waals surface area contributed by atoms with Crippen LogP contribution < -0.4 is 0 Å². The van der Waals surface area contributed by atoms with Crippen molar-refractivity contribution in [2.75, 3.05) is 13.2 Å². The van der Waals surface area contributed by atoms with Crippen molar-refractivity contribution in [1.29, 1.82) is 0 Å². The Hall–Kier alpha value is -0.630. The fraction of sp³-hybridized carbons (Fsp3) is 0.778. The summed E-state index contributed by atoms with van der Waals surface area (Å²) in [7, 11) is 0. The smallest absolute Gasteiger partial charge is 0.157 e. The van der Waals surface area contributed by atoms with E-state index in [0.29, 0.717) is 19.6 Å². The van der Waals surface area contributed by atoms with E-state index >= 15 is 0 Å². The molecule has 0 fully saturated rings. The van der Waals surface area contributed by atoms with E-state index in [1.807, 2.05) is 13.8 Å². The molecule has 0 aliphatic carbocycles. The van der Waals surface area contributed by atoms with Crippen LogP contribution >= 0.6 is 0 Å². The minimum atomic E-state index is -0.176. The lowest BCUT2D eigenvalue weighted by Crippen LogP contribution is -2.16. The second-order valence-corrected chi connectivity index (χ2v) is 2.24. The summed E-state index contributed by atoms with van der Waals surface area (Å²) in [6.45, 7) is 5.11. The Morgan fingerprint density at radius 3 is 2.33 bits per heavy atom. The molecule has 0 atom stereocenters. The minimum Gasteiger partial charge on any atom is -0.353 e. The second-order valence-electron chi connectivity index (χ2n) is 2.24. The number of hydrogen-bond donors (Lipinski definition) is 0. The first-order chi connectivity index (χ1) is 5.85. The Kier molecular flexibility index (Phi) is 8.02. The first-order valence-electron chi connectivity index (χ1n) is 4.27. The summed E-state index contributed by atoms with van der Waals surface area (Å²) in [4.78, 5) is 9.84.